The van der Waals surface area contributed by atoms with Gasteiger partial charge in [-0.15, -0.1) is 0 Å². The summed E-state index contributed by atoms with van der Waals surface area (Å²) in [5.41, 5.74) is 3.11. The molecule has 0 aromatic heterocycles. The largest absolute Gasteiger partial charge is 0.310 e. The highest BCUT2D eigenvalue weighted by Gasteiger charge is 2.16. The zero-order valence-electron chi connectivity index (χ0n) is 12.1. The van der Waals surface area contributed by atoms with Gasteiger partial charge in [-0.05, 0) is 60.8 Å². The summed E-state index contributed by atoms with van der Waals surface area (Å²) in [6, 6.07) is 11.3. The molecule has 0 aliphatic carbocycles. The van der Waals surface area contributed by atoms with Crippen LogP contribution in [-0.2, 0) is 6.42 Å². The summed E-state index contributed by atoms with van der Waals surface area (Å²) in [5.74, 6) is -0.159. The van der Waals surface area contributed by atoms with E-state index in [1.807, 2.05) is 18.2 Å². The summed E-state index contributed by atoms with van der Waals surface area (Å²) < 4.78 is 16.0. The van der Waals surface area contributed by atoms with Gasteiger partial charge in [0.15, 0.2) is 0 Å². The molecule has 1 N–H and O–H groups in total. The molecule has 0 saturated heterocycles. The number of halogens is 3. The molecular formula is C17H18Br2FN. The van der Waals surface area contributed by atoms with Crippen molar-refractivity contribution < 1.29 is 4.39 Å². The van der Waals surface area contributed by atoms with Crippen LogP contribution in [0.25, 0.3) is 0 Å². The molecule has 21 heavy (non-hydrogen) atoms. The molecule has 1 atom stereocenters. The van der Waals surface area contributed by atoms with Crippen LogP contribution < -0.4 is 5.32 Å². The predicted molar refractivity (Wildman–Crippen MR) is 93.1 cm³/mol. The quantitative estimate of drug-likeness (QED) is 0.675. The maximum Gasteiger partial charge on any atom is 0.126 e. The van der Waals surface area contributed by atoms with Crippen LogP contribution in [0.5, 0.6) is 0 Å². The van der Waals surface area contributed by atoms with E-state index < -0.39 is 0 Å². The number of hydrogen-bond acceptors (Lipinski definition) is 1. The van der Waals surface area contributed by atoms with Crippen molar-refractivity contribution >= 4 is 31.9 Å². The number of hydrogen-bond donors (Lipinski definition) is 1. The Kier molecular flexibility index (Phi) is 5.97. The maximum absolute atomic E-state index is 14.0. The fourth-order valence-electron chi connectivity index (χ4n) is 2.46. The van der Waals surface area contributed by atoms with Crippen LogP contribution in [0.4, 0.5) is 4.39 Å². The average Bonchev–Trinajstić information content (AvgIpc) is 2.45. The van der Waals surface area contributed by atoms with E-state index in [1.165, 1.54) is 17.2 Å². The van der Waals surface area contributed by atoms with Crippen LogP contribution in [0.1, 0.15) is 29.7 Å². The minimum Gasteiger partial charge on any atom is -0.310 e. The second-order valence-electron chi connectivity index (χ2n) is 5.00. The van der Waals surface area contributed by atoms with Gasteiger partial charge < -0.3 is 5.32 Å². The van der Waals surface area contributed by atoms with Crippen molar-refractivity contribution in [2.75, 3.05) is 6.54 Å². The fourth-order valence-corrected chi connectivity index (χ4v) is 3.25. The lowest BCUT2D eigenvalue weighted by atomic mass is 9.95. The Balaban J connectivity index is 2.35. The molecule has 2 aromatic rings. The Morgan fingerprint density at radius 1 is 1.19 bits per heavy atom. The molecular weight excluding hydrogens is 397 g/mol. The first kappa shape index (κ1) is 16.7. The minimum absolute atomic E-state index is 0.0938. The van der Waals surface area contributed by atoms with Crippen LogP contribution in [0, 0.1) is 12.7 Å². The van der Waals surface area contributed by atoms with E-state index >= 15 is 0 Å². The maximum atomic E-state index is 14.0. The first-order valence-corrected chi connectivity index (χ1v) is 8.53. The van der Waals surface area contributed by atoms with Crippen LogP contribution in [0.3, 0.4) is 0 Å². The third-order valence-electron chi connectivity index (χ3n) is 3.57. The molecule has 112 valence electrons. The lowest BCUT2D eigenvalue weighted by Gasteiger charge is -2.21. The SMILES string of the molecule is CCNC(Cc1cc(Br)ccc1F)c1cccc(Br)c1C. The van der Waals surface area contributed by atoms with Crippen LogP contribution in [-0.4, -0.2) is 6.54 Å². The van der Waals surface area contributed by atoms with E-state index in [1.54, 1.807) is 6.07 Å². The van der Waals surface area contributed by atoms with Crippen molar-refractivity contribution in [3.8, 4) is 0 Å². The van der Waals surface area contributed by atoms with Crippen LogP contribution >= 0.6 is 31.9 Å². The molecule has 0 aliphatic heterocycles. The average molecular weight is 415 g/mol. The van der Waals surface area contributed by atoms with Crippen molar-refractivity contribution in [3.05, 3.63) is 67.9 Å². The molecule has 4 heteroatoms. The summed E-state index contributed by atoms with van der Waals surface area (Å²) in [5, 5.41) is 3.46. The highest BCUT2D eigenvalue weighted by atomic mass is 79.9. The van der Waals surface area contributed by atoms with Gasteiger partial charge >= 0.3 is 0 Å². The minimum atomic E-state index is -0.159. The second kappa shape index (κ2) is 7.52. The van der Waals surface area contributed by atoms with E-state index in [0.717, 1.165) is 21.1 Å². The zero-order valence-corrected chi connectivity index (χ0v) is 15.3. The Morgan fingerprint density at radius 3 is 2.67 bits per heavy atom. The first-order chi connectivity index (χ1) is 10.0. The molecule has 1 unspecified atom stereocenters. The lowest BCUT2D eigenvalue weighted by Crippen LogP contribution is -2.24. The first-order valence-electron chi connectivity index (χ1n) is 6.95. The van der Waals surface area contributed by atoms with Gasteiger partial charge in [0.1, 0.15) is 5.82 Å². The smallest absolute Gasteiger partial charge is 0.126 e. The summed E-state index contributed by atoms with van der Waals surface area (Å²) in [7, 11) is 0. The van der Waals surface area contributed by atoms with Gasteiger partial charge in [0.25, 0.3) is 0 Å². The Labute approximate surface area is 142 Å². The lowest BCUT2D eigenvalue weighted by molar-refractivity contribution is 0.525. The third-order valence-corrected chi connectivity index (χ3v) is 4.92. The van der Waals surface area contributed by atoms with E-state index in [0.29, 0.717) is 6.42 Å². The number of likely N-dealkylation sites (N-methyl/N-ethyl adjacent to an activating group) is 1. The molecule has 0 amide bonds. The number of benzene rings is 2. The monoisotopic (exact) mass is 413 g/mol. The third kappa shape index (κ3) is 4.15. The van der Waals surface area contributed by atoms with Crippen LogP contribution in [0.2, 0.25) is 0 Å². The molecule has 0 aliphatic rings. The van der Waals surface area contributed by atoms with E-state index in [4.69, 9.17) is 0 Å². The normalized spacial score (nSPS) is 12.4. The van der Waals surface area contributed by atoms with Crippen LogP contribution in [0.15, 0.2) is 45.3 Å². The number of nitrogens with one attached hydrogen (secondary N) is 1. The van der Waals surface area contributed by atoms with Crippen molar-refractivity contribution in [1.82, 2.24) is 5.32 Å². The van der Waals surface area contributed by atoms with Crippen molar-refractivity contribution in [2.24, 2.45) is 0 Å². The predicted octanol–water partition coefficient (Wildman–Crippen LogP) is 5.55. The van der Waals surface area contributed by atoms with E-state index in [2.05, 4.69) is 57.1 Å². The van der Waals surface area contributed by atoms with Gasteiger partial charge in [-0.3, -0.25) is 0 Å². The summed E-state index contributed by atoms with van der Waals surface area (Å²) >= 11 is 6.98. The van der Waals surface area contributed by atoms with Crippen molar-refractivity contribution in [2.45, 2.75) is 26.3 Å². The Hall–Kier alpha value is -0.710. The Morgan fingerprint density at radius 2 is 1.95 bits per heavy atom. The number of rotatable bonds is 5. The zero-order chi connectivity index (χ0) is 15.4. The highest BCUT2D eigenvalue weighted by Crippen LogP contribution is 2.28. The molecule has 0 fully saturated rings. The Bertz CT molecular complexity index is 628. The topological polar surface area (TPSA) is 12.0 Å². The van der Waals surface area contributed by atoms with Gasteiger partial charge in [-0.1, -0.05) is 50.9 Å². The highest BCUT2D eigenvalue weighted by molar-refractivity contribution is 9.10. The summed E-state index contributed by atoms with van der Waals surface area (Å²) in [6.07, 6.45) is 0.621. The molecule has 2 aromatic carbocycles. The van der Waals surface area contributed by atoms with E-state index in [9.17, 15) is 4.39 Å². The van der Waals surface area contributed by atoms with Crippen molar-refractivity contribution in [3.63, 3.8) is 0 Å². The van der Waals surface area contributed by atoms with Crippen molar-refractivity contribution in [1.29, 1.82) is 0 Å². The van der Waals surface area contributed by atoms with E-state index in [-0.39, 0.29) is 11.9 Å². The van der Waals surface area contributed by atoms with Gasteiger partial charge in [-0.25, -0.2) is 4.39 Å². The molecule has 2 rings (SSSR count). The molecule has 0 spiro atoms. The molecule has 0 heterocycles. The fraction of sp³-hybridized carbons (Fsp3) is 0.294. The summed E-state index contributed by atoms with van der Waals surface area (Å²) in [4.78, 5) is 0. The van der Waals surface area contributed by atoms with Gasteiger partial charge in [0.2, 0.25) is 0 Å². The van der Waals surface area contributed by atoms with Gasteiger partial charge in [0.05, 0.1) is 0 Å². The molecule has 0 saturated carbocycles. The molecule has 0 radical (unpaired) electrons. The van der Waals surface area contributed by atoms with Gasteiger partial charge in [-0.2, -0.15) is 0 Å². The van der Waals surface area contributed by atoms with Gasteiger partial charge in [0, 0.05) is 15.0 Å². The molecule has 1 nitrogen and oxygen atoms in total. The molecule has 0 bridgehead atoms. The summed E-state index contributed by atoms with van der Waals surface area (Å²) in [6.45, 7) is 4.99. The standard InChI is InChI=1S/C17H18Br2FN/c1-3-21-17(14-5-4-6-15(19)11(14)2)10-12-9-13(18)7-8-16(12)20/h4-9,17,21H,3,10H2,1-2H3. The second-order valence-corrected chi connectivity index (χ2v) is 6.77.